The van der Waals surface area contributed by atoms with E-state index in [4.69, 9.17) is 23.2 Å². The van der Waals surface area contributed by atoms with Crippen molar-refractivity contribution in [2.24, 2.45) is 17.3 Å². The number of ketones is 1. The van der Waals surface area contributed by atoms with Crippen molar-refractivity contribution in [1.29, 1.82) is 0 Å². The van der Waals surface area contributed by atoms with Crippen LogP contribution in [0.2, 0.25) is 10.0 Å². The molecule has 0 heterocycles. The van der Waals surface area contributed by atoms with Gasteiger partial charge in [-0.3, -0.25) is 4.79 Å². The molecule has 3 heteroatoms. The Labute approximate surface area is 129 Å². The Morgan fingerprint density at radius 2 is 1.80 bits per heavy atom. The van der Waals surface area contributed by atoms with Crippen LogP contribution in [0.15, 0.2) is 35.9 Å². The first-order valence-electron chi connectivity index (χ1n) is 6.79. The van der Waals surface area contributed by atoms with Gasteiger partial charge in [0.15, 0.2) is 5.78 Å². The van der Waals surface area contributed by atoms with Crippen LogP contribution >= 0.6 is 23.2 Å². The zero-order valence-corrected chi connectivity index (χ0v) is 13.0. The molecule has 0 saturated heterocycles. The molecule has 20 heavy (non-hydrogen) atoms. The number of halogens is 2. The molecule has 1 aromatic carbocycles. The van der Waals surface area contributed by atoms with Gasteiger partial charge in [-0.1, -0.05) is 55.3 Å². The predicted octanol–water partition coefficient (Wildman–Crippen LogP) is 5.18. The van der Waals surface area contributed by atoms with Gasteiger partial charge in [0.25, 0.3) is 0 Å². The number of rotatable bonds is 2. The first-order chi connectivity index (χ1) is 9.41. The molecule has 0 aromatic heterocycles. The molecule has 0 spiro atoms. The number of hydrogen-bond donors (Lipinski definition) is 0. The maximum absolute atomic E-state index is 12.0. The Bertz CT molecular complexity index is 620. The minimum atomic E-state index is 0.0792. The summed E-state index contributed by atoms with van der Waals surface area (Å²) in [5.41, 5.74) is 1.98. The Morgan fingerprint density at radius 1 is 1.15 bits per heavy atom. The van der Waals surface area contributed by atoms with E-state index in [0.717, 1.165) is 17.6 Å². The maximum atomic E-state index is 12.0. The lowest BCUT2D eigenvalue weighted by Gasteiger charge is -2.54. The lowest BCUT2D eigenvalue weighted by molar-refractivity contribution is -0.133. The van der Waals surface area contributed by atoms with Crippen molar-refractivity contribution in [2.75, 3.05) is 0 Å². The van der Waals surface area contributed by atoms with Crippen LogP contribution in [0.1, 0.15) is 25.8 Å². The summed E-state index contributed by atoms with van der Waals surface area (Å²) in [5, 5.41) is 1.25. The molecule has 4 rings (SSSR count). The average Bonchev–Trinajstić information content (AvgIpc) is 2.37. The van der Waals surface area contributed by atoms with E-state index in [-0.39, 0.29) is 17.1 Å². The molecule has 0 amide bonds. The summed E-state index contributed by atoms with van der Waals surface area (Å²) in [4.78, 5) is 12.0. The van der Waals surface area contributed by atoms with Crippen LogP contribution in [-0.2, 0) is 4.79 Å². The highest BCUT2D eigenvalue weighted by molar-refractivity contribution is 6.37. The van der Waals surface area contributed by atoms with Gasteiger partial charge in [0.1, 0.15) is 0 Å². The first-order valence-corrected chi connectivity index (χ1v) is 7.54. The van der Waals surface area contributed by atoms with Crippen molar-refractivity contribution in [2.45, 2.75) is 20.3 Å². The fourth-order valence-electron chi connectivity index (χ4n) is 3.35. The average molecular weight is 307 g/mol. The summed E-state index contributed by atoms with van der Waals surface area (Å²) in [7, 11) is 0. The second kappa shape index (κ2) is 4.75. The monoisotopic (exact) mass is 306 g/mol. The number of allylic oxidation sites excluding steroid dienone is 3. The molecule has 0 N–H and O–H groups in total. The molecule has 2 bridgehead atoms. The lowest BCUT2D eigenvalue weighted by atomic mass is 9.48. The molecule has 1 aromatic rings. The molecule has 2 atom stereocenters. The Kier molecular flexibility index (Phi) is 3.30. The zero-order chi connectivity index (χ0) is 14.5. The standard InChI is InChI=1S/C17H16Cl2O/c1-17(2)12-9-13(17)16(20)8-10(12)6-7-11-14(18)4-3-5-15(11)19/h3-8,12-13H,9H2,1-2H3/b7-6+/t12-,13+/m0/s1. The highest BCUT2D eigenvalue weighted by atomic mass is 35.5. The summed E-state index contributed by atoms with van der Waals surface area (Å²) in [6.07, 6.45) is 6.66. The van der Waals surface area contributed by atoms with Crippen molar-refractivity contribution < 1.29 is 4.79 Å². The molecular formula is C17H16Cl2O. The van der Waals surface area contributed by atoms with Gasteiger partial charge >= 0.3 is 0 Å². The van der Waals surface area contributed by atoms with Gasteiger partial charge in [0.2, 0.25) is 0 Å². The van der Waals surface area contributed by atoms with Crippen molar-refractivity contribution in [3.05, 3.63) is 51.5 Å². The van der Waals surface area contributed by atoms with Crippen LogP contribution in [0.5, 0.6) is 0 Å². The third-order valence-electron chi connectivity index (χ3n) is 4.76. The lowest BCUT2D eigenvalue weighted by Crippen LogP contribution is -2.52. The van der Waals surface area contributed by atoms with Crippen LogP contribution in [-0.4, -0.2) is 5.78 Å². The van der Waals surface area contributed by atoms with Crippen LogP contribution in [0.25, 0.3) is 6.08 Å². The van der Waals surface area contributed by atoms with E-state index in [1.54, 1.807) is 6.08 Å². The molecule has 0 unspecified atom stereocenters. The number of carbonyl (C=O) groups excluding carboxylic acids is 1. The molecule has 1 saturated carbocycles. The molecule has 0 radical (unpaired) electrons. The van der Waals surface area contributed by atoms with Crippen LogP contribution in [0, 0.1) is 17.3 Å². The van der Waals surface area contributed by atoms with Crippen molar-refractivity contribution in [1.82, 2.24) is 0 Å². The maximum Gasteiger partial charge on any atom is 0.159 e. The van der Waals surface area contributed by atoms with Gasteiger partial charge < -0.3 is 0 Å². The van der Waals surface area contributed by atoms with E-state index in [9.17, 15) is 4.79 Å². The van der Waals surface area contributed by atoms with Gasteiger partial charge in [0.05, 0.1) is 0 Å². The van der Waals surface area contributed by atoms with E-state index in [0.29, 0.717) is 16.0 Å². The quantitative estimate of drug-likeness (QED) is 0.736. The summed E-state index contributed by atoms with van der Waals surface area (Å²) in [6.45, 7) is 4.35. The molecule has 1 nitrogen and oxygen atoms in total. The second-order valence-electron chi connectivity index (χ2n) is 6.18. The van der Waals surface area contributed by atoms with Crippen LogP contribution in [0.4, 0.5) is 0 Å². The minimum Gasteiger partial charge on any atom is -0.295 e. The largest absolute Gasteiger partial charge is 0.295 e. The number of hydrogen-bond acceptors (Lipinski definition) is 1. The summed E-state index contributed by atoms with van der Waals surface area (Å²) >= 11 is 12.3. The van der Waals surface area contributed by atoms with E-state index in [1.807, 2.05) is 30.4 Å². The van der Waals surface area contributed by atoms with Gasteiger partial charge in [-0.05, 0) is 41.5 Å². The van der Waals surface area contributed by atoms with E-state index < -0.39 is 0 Å². The first kappa shape index (κ1) is 13.9. The van der Waals surface area contributed by atoms with Gasteiger partial charge in [0, 0.05) is 21.5 Å². The Morgan fingerprint density at radius 3 is 2.35 bits per heavy atom. The number of carbonyl (C=O) groups is 1. The third kappa shape index (κ3) is 2.04. The van der Waals surface area contributed by atoms with Gasteiger partial charge in [-0.25, -0.2) is 0 Å². The molecular weight excluding hydrogens is 291 g/mol. The zero-order valence-electron chi connectivity index (χ0n) is 11.5. The normalized spacial score (nSPS) is 27.4. The Hall–Kier alpha value is -1.05. The molecule has 1 fully saturated rings. The minimum absolute atomic E-state index is 0.0792. The topological polar surface area (TPSA) is 17.1 Å². The fraction of sp³-hybridized carbons (Fsp3) is 0.353. The highest BCUT2D eigenvalue weighted by Gasteiger charge is 2.54. The predicted molar refractivity (Wildman–Crippen MR) is 84.0 cm³/mol. The number of fused-ring (bicyclic) bond motifs is 1. The fourth-order valence-corrected chi connectivity index (χ4v) is 3.88. The molecule has 104 valence electrons. The van der Waals surface area contributed by atoms with Gasteiger partial charge in [-0.15, -0.1) is 0 Å². The van der Waals surface area contributed by atoms with Crippen molar-refractivity contribution >= 4 is 35.1 Å². The van der Waals surface area contributed by atoms with Gasteiger partial charge in [-0.2, -0.15) is 0 Å². The highest BCUT2D eigenvalue weighted by Crippen LogP contribution is 2.58. The molecule has 3 aliphatic rings. The van der Waals surface area contributed by atoms with E-state index in [1.165, 1.54) is 0 Å². The second-order valence-corrected chi connectivity index (χ2v) is 6.99. The summed E-state index contributed by atoms with van der Waals surface area (Å²) in [5.74, 6) is 0.915. The summed E-state index contributed by atoms with van der Waals surface area (Å²) in [6, 6.07) is 5.46. The SMILES string of the molecule is CC1(C)[C@@H]2C[C@H]1C(/C=C/c1c(Cl)cccc1Cl)=CC2=O. The van der Waals surface area contributed by atoms with Crippen molar-refractivity contribution in [3.63, 3.8) is 0 Å². The smallest absolute Gasteiger partial charge is 0.159 e. The Balaban J connectivity index is 1.92. The third-order valence-corrected chi connectivity index (χ3v) is 5.42. The summed E-state index contributed by atoms with van der Waals surface area (Å²) < 4.78 is 0. The van der Waals surface area contributed by atoms with Crippen LogP contribution in [0.3, 0.4) is 0 Å². The van der Waals surface area contributed by atoms with Crippen LogP contribution < -0.4 is 0 Å². The van der Waals surface area contributed by atoms with Crippen molar-refractivity contribution in [3.8, 4) is 0 Å². The molecule has 0 aliphatic heterocycles. The van der Waals surface area contributed by atoms with E-state index >= 15 is 0 Å². The molecule has 3 aliphatic carbocycles. The van der Waals surface area contributed by atoms with E-state index in [2.05, 4.69) is 13.8 Å². The number of benzene rings is 1.